The Morgan fingerprint density at radius 2 is 1.74 bits per heavy atom. The maximum Gasteiger partial charge on any atom is 0.330 e. The van der Waals surface area contributed by atoms with Crippen LogP contribution in [0.4, 0.5) is 0 Å². The van der Waals surface area contributed by atoms with Crippen molar-refractivity contribution >= 4 is 31.3 Å². The molecule has 178 valence electrons. The van der Waals surface area contributed by atoms with E-state index in [9.17, 15) is 24.1 Å². The number of amides is 2. The fourth-order valence-corrected chi connectivity index (χ4v) is 2.84. The Labute approximate surface area is 180 Å². The van der Waals surface area contributed by atoms with Gasteiger partial charge in [-0.1, -0.05) is 26.0 Å². The first-order chi connectivity index (χ1) is 14.2. The van der Waals surface area contributed by atoms with Crippen LogP contribution in [-0.4, -0.2) is 69.5 Å². The molecule has 11 N–H and O–H groups in total. The zero-order valence-corrected chi connectivity index (χ0v) is 18.5. The number of nitrogens with two attached hydrogens (primary N) is 3. The summed E-state index contributed by atoms with van der Waals surface area (Å²) in [6.07, 6.45) is 2.02. The minimum absolute atomic E-state index is 0.0985. The van der Waals surface area contributed by atoms with Crippen molar-refractivity contribution in [3.8, 4) is 0 Å². The number of guanidine groups is 1. The van der Waals surface area contributed by atoms with Crippen LogP contribution in [0.2, 0.25) is 0 Å². The smallest absolute Gasteiger partial charge is 0.330 e. The molecule has 0 rings (SSSR count). The van der Waals surface area contributed by atoms with Crippen molar-refractivity contribution in [2.75, 3.05) is 12.7 Å². The second kappa shape index (κ2) is 13.8. The van der Waals surface area contributed by atoms with Gasteiger partial charge >= 0.3 is 13.6 Å². The molecule has 0 spiro atoms. The predicted molar refractivity (Wildman–Crippen MR) is 115 cm³/mol. The van der Waals surface area contributed by atoms with Crippen LogP contribution < -0.4 is 27.8 Å². The molecule has 0 radical (unpaired) electrons. The number of hydrogen-bond donors (Lipinski definition) is 8. The van der Waals surface area contributed by atoms with Crippen LogP contribution in [0.3, 0.4) is 0 Å². The highest BCUT2D eigenvalue weighted by molar-refractivity contribution is 7.51. The third-order valence-corrected chi connectivity index (χ3v) is 4.56. The Hall–Kier alpha value is -2.47. The van der Waals surface area contributed by atoms with Crippen LogP contribution in [0.5, 0.6) is 0 Å². The first kappa shape index (κ1) is 28.5. The van der Waals surface area contributed by atoms with E-state index in [1.54, 1.807) is 0 Å². The summed E-state index contributed by atoms with van der Waals surface area (Å²) in [5, 5.41) is 14.0. The Balaban J connectivity index is 5.29. The first-order valence-electron chi connectivity index (χ1n) is 9.58. The molecule has 0 aliphatic rings. The van der Waals surface area contributed by atoms with Gasteiger partial charge in [-0.15, -0.1) is 0 Å². The lowest BCUT2D eigenvalue weighted by Crippen LogP contribution is -2.54. The molecule has 31 heavy (non-hydrogen) atoms. The highest BCUT2D eigenvalue weighted by Gasteiger charge is 2.27. The van der Waals surface area contributed by atoms with E-state index >= 15 is 0 Å². The van der Waals surface area contributed by atoms with Crippen molar-refractivity contribution in [3.63, 3.8) is 0 Å². The molecule has 0 bridgehead atoms. The number of carboxylic acid groups (broad SMARTS) is 1. The van der Waals surface area contributed by atoms with E-state index in [0.29, 0.717) is 12.8 Å². The van der Waals surface area contributed by atoms with Crippen LogP contribution >= 0.6 is 7.60 Å². The number of allylic oxidation sites excluding steroid dienone is 1. The number of carbonyl (C=O) groups excluding carboxylic acids is 2. The van der Waals surface area contributed by atoms with Gasteiger partial charge in [-0.3, -0.25) is 19.1 Å². The molecule has 0 aromatic heterocycles. The van der Waals surface area contributed by atoms with Crippen LogP contribution in [0.1, 0.15) is 33.1 Å². The molecule has 2 amide bonds. The average Bonchev–Trinajstić information content (AvgIpc) is 2.61. The number of carbonyl (C=O) groups is 3. The molecule has 0 aromatic carbocycles. The van der Waals surface area contributed by atoms with Crippen molar-refractivity contribution in [2.45, 2.75) is 51.2 Å². The van der Waals surface area contributed by atoms with E-state index in [1.165, 1.54) is 0 Å². The second-order valence-corrected chi connectivity index (χ2v) is 9.04. The number of rotatable bonds is 14. The monoisotopic (exact) mass is 464 g/mol. The third-order valence-electron chi connectivity index (χ3n) is 3.88. The number of nitrogens with one attached hydrogen (secondary N) is 2. The molecule has 0 heterocycles. The van der Waals surface area contributed by atoms with Crippen molar-refractivity contribution in [3.05, 3.63) is 12.2 Å². The van der Waals surface area contributed by atoms with Crippen molar-refractivity contribution < 1.29 is 33.8 Å². The fourth-order valence-electron chi connectivity index (χ4n) is 2.45. The molecule has 0 saturated heterocycles. The van der Waals surface area contributed by atoms with E-state index in [2.05, 4.69) is 15.6 Å². The number of aliphatic imine (C=N–C) groups is 1. The second-order valence-electron chi connectivity index (χ2n) is 7.35. The van der Waals surface area contributed by atoms with Gasteiger partial charge in [0.1, 0.15) is 12.1 Å². The minimum atomic E-state index is -4.37. The normalized spacial score (nSPS) is 14.6. The molecule has 14 heteroatoms. The SMILES string of the molecule is CC(C)CC(N)C(=O)NC(CCCN=C(N)N)C(=O)N[C@@H](/C=C\CP(=O)(O)O)C(=O)O. The molecule has 0 fully saturated rings. The van der Waals surface area contributed by atoms with Crippen LogP contribution in [0, 0.1) is 5.92 Å². The van der Waals surface area contributed by atoms with Gasteiger partial charge in [0.15, 0.2) is 5.96 Å². The molecule has 0 saturated carbocycles. The summed E-state index contributed by atoms with van der Waals surface area (Å²) in [6, 6.07) is -3.52. The zero-order valence-electron chi connectivity index (χ0n) is 17.6. The summed E-state index contributed by atoms with van der Waals surface area (Å²) in [7, 11) is -4.37. The van der Waals surface area contributed by atoms with Gasteiger partial charge in [-0.25, -0.2) is 4.79 Å². The third kappa shape index (κ3) is 14.2. The maximum atomic E-state index is 12.6. The summed E-state index contributed by atoms with van der Waals surface area (Å²) in [4.78, 5) is 57.8. The van der Waals surface area contributed by atoms with Gasteiger partial charge in [-0.05, 0) is 25.2 Å². The van der Waals surface area contributed by atoms with E-state index in [0.717, 1.165) is 12.2 Å². The molecule has 0 aromatic rings. The predicted octanol–water partition coefficient (Wildman–Crippen LogP) is -1.80. The van der Waals surface area contributed by atoms with Gasteiger partial charge in [0, 0.05) is 6.54 Å². The Morgan fingerprint density at radius 1 is 1.13 bits per heavy atom. The molecular formula is C17H33N6O7P. The molecule has 13 nitrogen and oxygen atoms in total. The Bertz CT molecular complexity index is 718. The number of carboxylic acids is 1. The minimum Gasteiger partial charge on any atom is -0.479 e. The molecule has 0 aliphatic carbocycles. The summed E-state index contributed by atoms with van der Waals surface area (Å²) in [5.41, 5.74) is 16.3. The maximum absolute atomic E-state index is 12.6. The summed E-state index contributed by atoms with van der Waals surface area (Å²) < 4.78 is 10.9. The summed E-state index contributed by atoms with van der Waals surface area (Å²) in [6.45, 7) is 3.95. The topological polar surface area (TPSA) is 243 Å². The largest absolute Gasteiger partial charge is 0.479 e. The Kier molecular flexibility index (Phi) is 12.7. The number of nitrogens with zero attached hydrogens (tertiary/aromatic N) is 1. The Morgan fingerprint density at radius 3 is 2.23 bits per heavy atom. The van der Waals surface area contributed by atoms with Crippen molar-refractivity contribution in [1.82, 2.24) is 10.6 Å². The van der Waals surface area contributed by atoms with E-state index in [1.807, 2.05) is 13.8 Å². The first-order valence-corrected chi connectivity index (χ1v) is 11.4. The van der Waals surface area contributed by atoms with Crippen molar-refractivity contribution in [2.24, 2.45) is 28.1 Å². The van der Waals surface area contributed by atoms with E-state index in [-0.39, 0.29) is 24.8 Å². The highest BCUT2D eigenvalue weighted by Crippen LogP contribution is 2.33. The van der Waals surface area contributed by atoms with Gasteiger partial charge in [0.25, 0.3) is 0 Å². The fraction of sp³-hybridized carbons (Fsp3) is 0.647. The van der Waals surface area contributed by atoms with Crippen LogP contribution in [0.15, 0.2) is 17.1 Å². The molecule has 3 atom stereocenters. The quantitative estimate of drug-likeness (QED) is 0.0471. The number of hydrogen-bond acceptors (Lipinski definition) is 6. The van der Waals surface area contributed by atoms with Crippen LogP contribution in [-0.2, 0) is 18.9 Å². The lowest BCUT2D eigenvalue weighted by molar-refractivity contribution is -0.140. The van der Waals surface area contributed by atoms with E-state index < -0.39 is 49.7 Å². The standard InChI is InChI=1S/C17H33N6O7P/c1-10(2)9-11(18)14(24)22-12(5-3-7-21-17(19)20)15(25)23-13(16(26)27)6-4-8-31(28,29)30/h4,6,10-13H,3,5,7-9,18H2,1-2H3,(H,22,24)(H,23,25)(H,26,27)(H4,19,20,21)(H2,28,29,30)/b6-4-/t11?,12?,13-/m0/s1. The number of aliphatic carboxylic acids is 1. The lowest BCUT2D eigenvalue weighted by atomic mass is 10.0. The molecule has 0 aliphatic heterocycles. The van der Waals surface area contributed by atoms with Gasteiger partial charge in [0.2, 0.25) is 11.8 Å². The van der Waals surface area contributed by atoms with Gasteiger partial charge in [-0.2, -0.15) is 0 Å². The molecule has 2 unspecified atom stereocenters. The summed E-state index contributed by atoms with van der Waals surface area (Å²) >= 11 is 0. The van der Waals surface area contributed by atoms with Gasteiger partial charge in [0.05, 0.1) is 12.2 Å². The lowest BCUT2D eigenvalue weighted by Gasteiger charge is -2.22. The van der Waals surface area contributed by atoms with Gasteiger partial charge < -0.3 is 42.7 Å². The van der Waals surface area contributed by atoms with Crippen LogP contribution in [0.25, 0.3) is 0 Å². The van der Waals surface area contributed by atoms with E-state index in [4.69, 9.17) is 27.0 Å². The summed E-state index contributed by atoms with van der Waals surface area (Å²) in [5.74, 6) is -2.81. The molecular weight excluding hydrogens is 431 g/mol. The van der Waals surface area contributed by atoms with Crippen molar-refractivity contribution in [1.29, 1.82) is 0 Å². The zero-order chi connectivity index (χ0) is 24.2. The average molecular weight is 464 g/mol. The highest BCUT2D eigenvalue weighted by atomic mass is 31.2.